The van der Waals surface area contributed by atoms with Crippen LogP contribution in [0.4, 0.5) is 5.82 Å². The first-order valence-corrected chi connectivity index (χ1v) is 14.5. The molecule has 0 saturated carbocycles. The van der Waals surface area contributed by atoms with E-state index in [1.165, 1.54) is 0 Å². The number of nitrogens with zero attached hydrogens (tertiary/aromatic N) is 8. The Morgan fingerprint density at radius 2 is 1.79 bits per heavy atom. The molecule has 13 nitrogen and oxygen atoms in total. The highest BCUT2D eigenvalue weighted by atomic mass is 16.5. The Labute approximate surface area is 249 Å². The average molecular weight is 585 g/mol. The second-order valence-corrected chi connectivity index (χ2v) is 10.5. The number of esters is 1. The van der Waals surface area contributed by atoms with Gasteiger partial charge in [-0.05, 0) is 38.4 Å². The number of ether oxygens (including phenoxy) is 2. The van der Waals surface area contributed by atoms with Crippen molar-refractivity contribution in [2.45, 2.75) is 39.0 Å². The second-order valence-electron chi connectivity index (χ2n) is 10.5. The van der Waals surface area contributed by atoms with E-state index in [-0.39, 0.29) is 6.73 Å². The molecule has 1 atom stereocenters. The number of fused-ring (bicyclic) bond motifs is 1. The van der Waals surface area contributed by atoms with Crippen molar-refractivity contribution in [3.8, 4) is 28.5 Å². The minimum atomic E-state index is -0.683. The highest BCUT2D eigenvalue weighted by Gasteiger charge is 2.21. The minimum absolute atomic E-state index is 0.0346. The van der Waals surface area contributed by atoms with Gasteiger partial charge in [0.05, 0.1) is 18.9 Å². The van der Waals surface area contributed by atoms with E-state index in [2.05, 4.69) is 10.00 Å². The van der Waals surface area contributed by atoms with Crippen LogP contribution in [0.1, 0.15) is 25.0 Å². The van der Waals surface area contributed by atoms with Gasteiger partial charge in [-0.25, -0.2) is 14.3 Å². The molecule has 4 aromatic heterocycles. The number of carbonyl (C=O) groups is 1. The fourth-order valence-corrected chi connectivity index (χ4v) is 5.04. The first-order chi connectivity index (χ1) is 21.0. The van der Waals surface area contributed by atoms with Gasteiger partial charge in [0.25, 0.3) is 0 Å². The molecule has 0 amide bonds. The first-order valence-electron chi connectivity index (χ1n) is 14.5. The summed E-state index contributed by atoms with van der Waals surface area (Å²) in [7, 11) is 0. The van der Waals surface area contributed by atoms with Gasteiger partial charge in [0.1, 0.15) is 23.2 Å². The highest BCUT2D eigenvalue weighted by molar-refractivity contribution is 5.75. The van der Waals surface area contributed by atoms with Crippen molar-refractivity contribution in [2.24, 2.45) is 11.5 Å². The fraction of sp³-hybridized carbons (Fsp3) is 0.367. The van der Waals surface area contributed by atoms with Gasteiger partial charge in [0.2, 0.25) is 0 Å². The first kappa shape index (κ1) is 28.5. The number of unbranched alkanes of at least 4 members (excludes halogenated alkanes) is 1. The Hall–Kier alpha value is -4.59. The van der Waals surface area contributed by atoms with Crippen molar-refractivity contribution < 1.29 is 14.3 Å². The zero-order valence-electron chi connectivity index (χ0n) is 24.2. The van der Waals surface area contributed by atoms with Crippen molar-refractivity contribution in [3.05, 3.63) is 66.5 Å². The normalized spacial score (nSPS) is 14.3. The lowest BCUT2D eigenvalue weighted by Gasteiger charge is -2.29. The Balaban J connectivity index is 1.28. The van der Waals surface area contributed by atoms with E-state index < -0.39 is 12.0 Å². The van der Waals surface area contributed by atoms with Crippen LogP contribution in [0.5, 0.6) is 0 Å². The number of anilines is 1. The number of hydrogen-bond donors (Lipinski definition) is 2. The van der Waals surface area contributed by atoms with Crippen LogP contribution in [-0.2, 0) is 21.0 Å². The molecule has 4 N–H and O–H groups in total. The predicted octanol–water partition coefficient (Wildman–Crippen LogP) is 2.55. The maximum Gasteiger partial charge on any atom is 0.324 e. The molecule has 0 aliphatic carbocycles. The van der Waals surface area contributed by atoms with Crippen LogP contribution in [-0.4, -0.2) is 79.0 Å². The summed E-state index contributed by atoms with van der Waals surface area (Å²) >= 11 is 0. The van der Waals surface area contributed by atoms with E-state index in [9.17, 15) is 4.79 Å². The number of aryl methyl sites for hydroxylation is 1. The summed E-state index contributed by atoms with van der Waals surface area (Å²) in [6.07, 6.45) is 4.05. The highest BCUT2D eigenvalue weighted by Crippen LogP contribution is 2.26. The monoisotopic (exact) mass is 584 g/mol. The quantitative estimate of drug-likeness (QED) is 0.175. The molecular weight excluding hydrogens is 548 g/mol. The van der Waals surface area contributed by atoms with Gasteiger partial charge in [-0.3, -0.25) is 4.79 Å². The summed E-state index contributed by atoms with van der Waals surface area (Å²) in [5, 5.41) is 14.4. The van der Waals surface area contributed by atoms with E-state index >= 15 is 0 Å². The van der Waals surface area contributed by atoms with Crippen LogP contribution >= 0.6 is 0 Å². The summed E-state index contributed by atoms with van der Waals surface area (Å²) < 4.78 is 16.3. The molecule has 1 aromatic carbocycles. The zero-order chi connectivity index (χ0) is 29.8. The summed E-state index contributed by atoms with van der Waals surface area (Å²) in [4.78, 5) is 19.5. The second kappa shape index (κ2) is 12.7. The SMILES string of the molecule is Cc1cc(-c2cc3nc(-n4ccc(-c5ccccc5)n4)cc(N4CCOCC4)n3n2)nn1COC(=O)[C@@H](N)CCCCN. The number of carbonyl (C=O) groups excluding carboxylic acids is 1. The number of aromatic nitrogens is 7. The molecule has 0 spiro atoms. The number of rotatable bonds is 11. The van der Waals surface area contributed by atoms with Crippen LogP contribution in [0.2, 0.25) is 0 Å². The number of hydrogen-bond acceptors (Lipinski definition) is 10. The Bertz CT molecular complexity index is 1690. The molecule has 0 radical (unpaired) electrons. The largest absolute Gasteiger partial charge is 0.441 e. The summed E-state index contributed by atoms with van der Waals surface area (Å²) in [5.41, 5.74) is 16.2. The van der Waals surface area contributed by atoms with Gasteiger partial charge in [0, 0.05) is 42.7 Å². The van der Waals surface area contributed by atoms with Crippen LogP contribution in [0, 0.1) is 6.92 Å². The van der Waals surface area contributed by atoms with E-state index in [0.717, 1.165) is 48.7 Å². The van der Waals surface area contributed by atoms with E-state index in [1.807, 2.05) is 72.2 Å². The third-order valence-electron chi connectivity index (χ3n) is 7.47. The molecule has 1 saturated heterocycles. The van der Waals surface area contributed by atoms with Crippen molar-refractivity contribution in [3.63, 3.8) is 0 Å². The number of morpholine rings is 1. The van der Waals surface area contributed by atoms with Crippen LogP contribution < -0.4 is 16.4 Å². The number of benzene rings is 1. The maximum absolute atomic E-state index is 12.4. The third-order valence-corrected chi connectivity index (χ3v) is 7.47. The van der Waals surface area contributed by atoms with E-state index in [4.69, 9.17) is 36.1 Å². The summed E-state index contributed by atoms with van der Waals surface area (Å²) in [6, 6.07) is 17.1. The molecule has 13 heteroatoms. The van der Waals surface area contributed by atoms with E-state index in [0.29, 0.717) is 49.0 Å². The molecule has 5 heterocycles. The molecule has 0 bridgehead atoms. The molecule has 1 aliphatic rings. The van der Waals surface area contributed by atoms with Crippen molar-refractivity contribution in [2.75, 3.05) is 37.7 Å². The molecule has 1 fully saturated rings. The Kier molecular flexibility index (Phi) is 8.45. The lowest BCUT2D eigenvalue weighted by Crippen LogP contribution is -2.37. The molecule has 43 heavy (non-hydrogen) atoms. The average Bonchev–Trinajstić information content (AvgIpc) is 3.79. The lowest BCUT2D eigenvalue weighted by molar-refractivity contribution is -0.149. The third kappa shape index (κ3) is 6.28. The minimum Gasteiger partial charge on any atom is -0.441 e. The topological polar surface area (TPSA) is 157 Å². The van der Waals surface area contributed by atoms with Crippen molar-refractivity contribution in [1.82, 2.24) is 34.2 Å². The van der Waals surface area contributed by atoms with Gasteiger partial charge >= 0.3 is 5.97 Å². The van der Waals surface area contributed by atoms with Gasteiger partial charge in [0.15, 0.2) is 18.2 Å². The van der Waals surface area contributed by atoms with Crippen LogP contribution in [0.15, 0.2) is 60.8 Å². The van der Waals surface area contributed by atoms with Crippen molar-refractivity contribution in [1.29, 1.82) is 0 Å². The van der Waals surface area contributed by atoms with Gasteiger partial charge in [-0.2, -0.15) is 19.8 Å². The standard InChI is InChI=1S/C30H36N10O3/c1-21-17-25(35-39(21)20-43-30(41)23(32)9-5-6-11-31)26-18-28-33-27(19-29(40(28)36-26)37-13-15-42-16-14-37)38-12-10-24(34-38)22-7-3-2-4-8-22/h2-4,7-8,10,12,17-19,23H,5-6,9,11,13-16,20,31-32H2,1H3/t23-/m0/s1. The number of nitrogens with two attached hydrogens (primary N) is 2. The summed E-state index contributed by atoms with van der Waals surface area (Å²) in [5.74, 6) is 1.11. The molecule has 1 aliphatic heterocycles. The van der Waals surface area contributed by atoms with Gasteiger partial charge in [-0.1, -0.05) is 36.8 Å². The van der Waals surface area contributed by atoms with Crippen LogP contribution in [0.25, 0.3) is 34.1 Å². The Morgan fingerprint density at radius 1 is 1.00 bits per heavy atom. The smallest absolute Gasteiger partial charge is 0.324 e. The van der Waals surface area contributed by atoms with Gasteiger partial charge < -0.3 is 25.8 Å². The lowest BCUT2D eigenvalue weighted by atomic mass is 10.1. The van der Waals surface area contributed by atoms with E-state index in [1.54, 1.807) is 9.36 Å². The fourth-order valence-electron chi connectivity index (χ4n) is 5.04. The summed E-state index contributed by atoms with van der Waals surface area (Å²) in [6.45, 7) is 5.17. The molecule has 6 rings (SSSR count). The zero-order valence-corrected chi connectivity index (χ0v) is 24.2. The molecule has 0 unspecified atom stereocenters. The van der Waals surface area contributed by atoms with Gasteiger partial charge in [-0.15, -0.1) is 0 Å². The predicted molar refractivity (Wildman–Crippen MR) is 162 cm³/mol. The molecular formula is C30H36N10O3. The maximum atomic E-state index is 12.4. The van der Waals surface area contributed by atoms with Crippen molar-refractivity contribution >= 4 is 17.4 Å². The van der Waals surface area contributed by atoms with Crippen LogP contribution in [0.3, 0.4) is 0 Å². The molecule has 224 valence electrons. The Morgan fingerprint density at radius 3 is 2.58 bits per heavy atom. The molecule has 5 aromatic rings.